The standard InChI is InChI=1S/C22H18ClFN2O2/c1-14-9-19-21(28-14)11-20(26(19)13-16-3-2-4-17(23)10-16)22(27)25-12-15-5-7-18(24)8-6-15/h2-11H,12-13H2,1H3,(H,25,27). The fourth-order valence-corrected chi connectivity index (χ4v) is 3.43. The van der Waals surface area contributed by atoms with Gasteiger partial charge < -0.3 is 14.3 Å². The van der Waals surface area contributed by atoms with Gasteiger partial charge in [-0.3, -0.25) is 4.79 Å². The number of nitrogens with zero attached hydrogens (tertiary/aromatic N) is 1. The molecule has 0 bridgehead atoms. The quantitative estimate of drug-likeness (QED) is 0.496. The molecule has 0 unspecified atom stereocenters. The zero-order valence-corrected chi connectivity index (χ0v) is 16.0. The molecular formula is C22H18ClFN2O2. The second kappa shape index (κ2) is 7.52. The summed E-state index contributed by atoms with van der Waals surface area (Å²) in [5, 5.41) is 3.53. The van der Waals surface area contributed by atoms with E-state index in [4.69, 9.17) is 16.0 Å². The normalized spacial score (nSPS) is 11.1. The van der Waals surface area contributed by atoms with E-state index in [1.165, 1.54) is 12.1 Å². The summed E-state index contributed by atoms with van der Waals surface area (Å²) < 4.78 is 20.7. The third kappa shape index (κ3) is 3.80. The Hall–Kier alpha value is -3.05. The van der Waals surface area contributed by atoms with Gasteiger partial charge in [-0.15, -0.1) is 0 Å². The molecule has 0 saturated heterocycles. The van der Waals surface area contributed by atoms with E-state index in [1.54, 1.807) is 18.2 Å². The maximum absolute atomic E-state index is 13.0. The van der Waals surface area contributed by atoms with Crippen molar-refractivity contribution in [2.75, 3.05) is 0 Å². The zero-order valence-electron chi connectivity index (χ0n) is 15.2. The highest BCUT2D eigenvalue weighted by molar-refractivity contribution is 6.30. The number of benzene rings is 2. The van der Waals surface area contributed by atoms with E-state index in [2.05, 4.69) is 5.32 Å². The molecule has 4 rings (SSSR count). The third-order valence-corrected chi connectivity index (χ3v) is 4.78. The van der Waals surface area contributed by atoms with Gasteiger partial charge >= 0.3 is 0 Å². The van der Waals surface area contributed by atoms with Crippen LogP contribution in [0.25, 0.3) is 11.1 Å². The second-order valence-electron chi connectivity index (χ2n) is 6.66. The summed E-state index contributed by atoms with van der Waals surface area (Å²) in [4.78, 5) is 12.8. The van der Waals surface area contributed by atoms with Crippen LogP contribution in [-0.4, -0.2) is 10.5 Å². The Morgan fingerprint density at radius 3 is 2.64 bits per heavy atom. The Kier molecular flexibility index (Phi) is 4.92. The van der Waals surface area contributed by atoms with Gasteiger partial charge in [0.2, 0.25) is 0 Å². The first-order valence-corrected chi connectivity index (χ1v) is 9.24. The third-order valence-electron chi connectivity index (χ3n) is 4.54. The topological polar surface area (TPSA) is 47.2 Å². The van der Waals surface area contributed by atoms with Crippen molar-refractivity contribution >= 4 is 28.6 Å². The Balaban J connectivity index is 1.62. The highest BCUT2D eigenvalue weighted by Crippen LogP contribution is 2.25. The molecule has 28 heavy (non-hydrogen) atoms. The Labute approximate surface area is 166 Å². The van der Waals surface area contributed by atoms with Gasteiger partial charge in [0.15, 0.2) is 5.58 Å². The minimum atomic E-state index is -0.304. The van der Waals surface area contributed by atoms with Gasteiger partial charge in [0, 0.05) is 30.2 Å². The maximum atomic E-state index is 13.0. The summed E-state index contributed by atoms with van der Waals surface area (Å²) in [5.74, 6) is 0.250. The lowest BCUT2D eigenvalue weighted by Crippen LogP contribution is -2.25. The fraction of sp³-hybridized carbons (Fsp3) is 0.136. The van der Waals surface area contributed by atoms with Crippen LogP contribution in [-0.2, 0) is 13.1 Å². The first-order chi connectivity index (χ1) is 13.5. The van der Waals surface area contributed by atoms with E-state index in [0.717, 1.165) is 22.4 Å². The molecule has 1 N–H and O–H groups in total. The number of hydrogen-bond donors (Lipinski definition) is 1. The first kappa shape index (κ1) is 18.3. The number of amides is 1. The van der Waals surface area contributed by atoms with Gasteiger partial charge in [-0.25, -0.2) is 4.39 Å². The predicted octanol–water partition coefficient (Wildman–Crippen LogP) is 5.31. The van der Waals surface area contributed by atoms with Crippen LogP contribution < -0.4 is 5.32 Å². The van der Waals surface area contributed by atoms with Gasteiger partial charge in [-0.05, 0) is 42.3 Å². The monoisotopic (exact) mass is 396 g/mol. The van der Waals surface area contributed by atoms with Crippen molar-refractivity contribution in [3.8, 4) is 0 Å². The summed E-state index contributed by atoms with van der Waals surface area (Å²) in [6.45, 7) is 2.67. The van der Waals surface area contributed by atoms with E-state index in [-0.39, 0.29) is 11.7 Å². The van der Waals surface area contributed by atoms with Crippen molar-refractivity contribution in [3.05, 3.63) is 94.1 Å². The molecule has 4 aromatic rings. The molecule has 1 amide bonds. The van der Waals surface area contributed by atoms with Crippen LogP contribution in [0.5, 0.6) is 0 Å². The lowest BCUT2D eigenvalue weighted by molar-refractivity contribution is 0.0942. The van der Waals surface area contributed by atoms with E-state index < -0.39 is 0 Å². The van der Waals surface area contributed by atoms with Crippen molar-refractivity contribution in [3.63, 3.8) is 0 Å². The van der Waals surface area contributed by atoms with Crippen LogP contribution in [0.15, 0.2) is 65.1 Å². The molecule has 0 aliphatic rings. The van der Waals surface area contributed by atoms with Gasteiger partial charge in [0.05, 0.1) is 5.52 Å². The zero-order chi connectivity index (χ0) is 19.7. The van der Waals surface area contributed by atoms with Crippen LogP contribution in [0.1, 0.15) is 27.4 Å². The molecule has 0 fully saturated rings. The molecule has 142 valence electrons. The average Bonchev–Trinajstić information content (AvgIpc) is 3.18. The number of hydrogen-bond acceptors (Lipinski definition) is 2. The minimum absolute atomic E-state index is 0.226. The number of rotatable bonds is 5. The van der Waals surface area contributed by atoms with Gasteiger partial charge in [0.25, 0.3) is 5.91 Å². The second-order valence-corrected chi connectivity index (χ2v) is 7.10. The van der Waals surface area contributed by atoms with Crippen molar-refractivity contribution < 1.29 is 13.6 Å². The van der Waals surface area contributed by atoms with E-state index in [0.29, 0.717) is 29.4 Å². The van der Waals surface area contributed by atoms with Gasteiger partial charge in [-0.2, -0.15) is 0 Å². The molecule has 0 atom stereocenters. The maximum Gasteiger partial charge on any atom is 0.268 e. The van der Waals surface area contributed by atoms with Crippen molar-refractivity contribution in [2.24, 2.45) is 0 Å². The number of carbonyl (C=O) groups is 1. The number of aromatic nitrogens is 1. The molecule has 0 aliphatic heterocycles. The molecule has 4 nitrogen and oxygen atoms in total. The van der Waals surface area contributed by atoms with Crippen LogP contribution in [0.2, 0.25) is 5.02 Å². The van der Waals surface area contributed by atoms with E-state index in [9.17, 15) is 9.18 Å². The summed E-state index contributed by atoms with van der Waals surface area (Å²) in [5.41, 5.74) is 3.81. The number of fused-ring (bicyclic) bond motifs is 1. The molecule has 0 saturated carbocycles. The number of aryl methyl sites for hydroxylation is 1. The lowest BCUT2D eigenvalue weighted by Gasteiger charge is -2.11. The summed E-state index contributed by atoms with van der Waals surface area (Å²) in [7, 11) is 0. The van der Waals surface area contributed by atoms with Crippen molar-refractivity contribution in [1.29, 1.82) is 0 Å². The summed E-state index contributed by atoms with van der Waals surface area (Å²) >= 11 is 6.10. The molecule has 0 radical (unpaired) electrons. The molecule has 6 heteroatoms. The number of carbonyl (C=O) groups excluding carboxylic acids is 1. The van der Waals surface area contributed by atoms with Crippen LogP contribution in [0, 0.1) is 12.7 Å². The summed E-state index contributed by atoms with van der Waals surface area (Å²) in [6, 6.07) is 17.2. The Morgan fingerprint density at radius 1 is 1.11 bits per heavy atom. The highest BCUT2D eigenvalue weighted by atomic mass is 35.5. The molecule has 2 aromatic carbocycles. The molecule has 0 aliphatic carbocycles. The van der Waals surface area contributed by atoms with Crippen LogP contribution in [0.3, 0.4) is 0 Å². The average molecular weight is 397 g/mol. The molecular weight excluding hydrogens is 379 g/mol. The molecule has 2 aromatic heterocycles. The predicted molar refractivity (Wildman–Crippen MR) is 107 cm³/mol. The number of halogens is 2. The lowest BCUT2D eigenvalue weighted by atomic mass is 10.2. The van der Waals surface area contributed by atoms with E-state index in [1.807, 2.05) is 41.8 Å². The smallest absolute Gasteiger partial charge is 0.268 e. The summed E-state index contributed by atoms with van der Waals surface area (Å²) in [6.07, 6.45) is 0. The fourth-order valence-electron chi connectivity index (χ4n) is 3.22. The Morgan fingerprint density at radius 2 is 1.89 bits per heavy atom. The minimum Gasteiger partial charge on any atom is -0.460 e. The number of nitrogens with one attached hydrogen (secondary N) is 1. The van der Waals surface area contributed by atoms with Crippen molar-refractivity contribution in [1.82, 2.24) is 9.88 Å². The molecule has 0 spiro atoms. The van der Waals surface area contributed by atoms with Gasteiger partial charge in [0.1, 0.15) is 17.3 Å². The largest absolute Gasteiger partial charge is 0.460 e. The number of furan rings is 1. The van der Waals surface area contributed by atoms with Crippen molar-refractivity contribution in [2.45, 2.75) is 20.0 Å². The van der Waals surface area contributed by atoms with Gasteiger partial charge in [-0.1, -0.05) is 35.9 Å². The van der Waals surface area contributed by atoms with Crippen LogP contribution >= 0.6 is 11.6 Å². The first-order valence-electron chi connectivity index (χ1n) is 8.86. The molecule has 2 heterocycles. The SMILES string of the molecule is Cc1cc2c(cc(C(=O)NCc3ccc(F)cc3)n2Cc2cccc(Cl)c2)o1. The van der Waals surface area contributed by atoms with E-state index >= 15 is 0 Å². The van der Waals surface area contributed by atoms with Crippen LogP contribution in [0.4, 0.5) is 4.39 Å². The Bertz CT molecular complexity index is 1150. The highest BCUT2D eigenvalue weighted by Gasteiger charge is 2.18.